The van der Waals surface area contributed by atoms with Gasteiger partial charge in [-0.1, -0.05) is 30.3 Å². The summed E-state index contributed by atoms with van der Waals surface area (Å²) >= 11 is 0. The van der Waals surface area contributed by atoms with Gasteiger partial charge in [0, 0.05) is 44.6 Å². The average Bonchev–Trinajstić information content (AvgIpc) is 2.83. The molecule has 1 aliphatic rings. The molecule has 3 aromatic rings. The van der Waals surface area contributed by atoms with Crippen molar-refractivity contribution in [2.24, 2.45) is 0 Å². The zero-order valence-electron chi connectivity index (χ0n) is 17.5. The van der Waals surface area contributed by atoms with Gasteiger partial charge in [-0.3, -0.25) is 14.9 Å². The Kier molecular flexibility index (Phi) is 6.33. The van der Waals surface area contributed by atoms with Crippen LogP contribution < -0.4 is 15.1 Å². The number of piperazine rings is 1. The van der Waals surface area contributed by atoms with Crippen LogP contribution in [0.15, 0.2) is 59.8 Å². The summed E-state index contributed by atoms with van der Waals surface area (Å²) < 4.78 is 28.5. The molecule has 0 aliphatic carbocycles. The van der Waals surface area contributed by atoms with Crippen LogP contribution in [-0.4, -0.2) is 73.7 Å². The topological polar surface area (TPSA) is 128 Å². The van der Waals surface area contributed by atoms with Gasteiger partial charge in [-0.2, -0.15) is 0 Å². The minimum Gasteiger partial charge on any atom is -0.338 e. The lowest BCUT2D eigenvalue weighted by atomic mass is 10.1. The second kappa shape index (κ2) is 9.17. The summed E-state index contributed by atoms with van der Waals surface area (Å²) in [6, 6.07) is 12.6. The summed E-state index contributed by atoms with van der Waals surface area (Å²) in [6.07, 6.45) is 2.67. The highest BCUT2D eigenvalue weighted by Gasteiger charge is 2.27. The highest BCUT2D eigenvalue weighted by molar-refractivity contribution is 7.89. The Morgan fingerprint density at radius 1 is 1.12 bits per heavy atom. The molecule has 0 radical (unpaired) electrons. The van der Waals surface area contributed by atoms with Crippen LogP contribution in [0, 0.1) is 0 Å². The minimum atomic E-state index is -3.67. The molecule has 4 rings (SSSR count). The number of anilines is 1. The number of nitrogens with zero attached hydrogens (tertiary/aromatic N) is 4. The molecule has 0 bridgehead atoms. The molecule has 168 valence electrons. The van der Waals surface area contributed by atoms with Gasteiger partial charge in [-0.25, -0.2) is 28.6 Å². The summed E-state index contributed by atoms with van der Waals surface area (Å²) in [7, 11) is -1.72. The van der Waals surface area contributed by atoms with Gasteiger partial charge in [0.05, 0.1) is 10.5 Å². The lowest BCUT2D eigenvalue weighted by Gasteiger charge is -2.39. The standard InChI is InChI=1S/C21H24N6O4S/c1-26-8-9-27(21-22-11-17(12-23-21)20(28)25-29)14-18(26)13-24-32(30,31)19-7-6-15-4-2-3-5-16(15)10-19/h2-7,10-12,18,24,29H,8-9,13-14H2,1H3,(H,25,28). The number of fused-ring (bicyclic) bond motifs is 1. The van der Waals surface area contributed by atoms with Crippen LogP contribution in [0.1, 0.15) is 10.4 Å². The van der Waals surface area contributed by atoms with Crippen molar-refractivity contribution in [1.82, 2.24) is 25.1 Å². The quantitative estimate of drug-likeness (QED) is 0.368. The first-order valence-electron chi connectivity index (χ1n) is 10.1. The Bertz CT molecular complexity index is 1220. The molecule has 1 unspecified atom stereocenters. The van der Waals surface area contributed by atoms with Crippen LogP contribution in [0.4, 0.5) is 5.95 Å². The molecule has 32 heavy (non-hydrogen) atoms. The van der Waals surface area contributed by atoms with Crippen LogP contribution in [-0.2, 0) is 10.0 Å². The van der Waals surface area contributed by atoms with Crippen LogP contribution in [0.25, 0.3) is 10.8 Å². The predicted octanol–water partition coefficient (Wildman–Crippen LogP) is 0.848. The molecule has 11 heteroatoms. The lowest BCUT2D eigenvalue weighted by Crippen LogP contribution is -2.56. The Morgan fingerprint density at radius 3 is 2.56 bits per heavy atom. The number of carbonyl (C=O) groups is 1. The number of aromatic nitrogens is 2. The van der Waals surface area contributed by atoms with Crippen molar-refractivity contribution in [2.75, 3.05) is 38.1 Å². The number of carbonyl (C=O) groups excluding carboxylic acids is 1. The largest absolute Gasteiger partial charge is 0.338 e. The van der Waals surface area contributed by atoms with Gasteiger partial charge >= 0.3 is 0 Å². The van der Waals surface area contributed by atoms with Crippen LogP contribution in [0.3, 0.4) is 0 Å². The van der Waals surface area contributed by atoms with Crippen molar-refractivity contribution in [3.05, 3.63) is 60.4 Å². The predicted molar refractivity (Wildman–Crippen MR) is 119 cm³/mol. The SMILES string of the molecule is CN1CCN(c2ncc(C(=O)NO)cn2)CC1CNS(=O)(=O)c1ccc2ccccc2c1. The molecule has 2 aromatic carbocycles. The third kappa shape index (κ3) is 4.70. The molecule has 1 aromatic heterocycles. The van der Waals surface area contributed by atoms with E-state index in [0.717, 1.165) is 10.8 Å². The maximum atomic E-state index is 12.9. The molecular weight excluding hydrogens is 432 g/mol. The zero-order chi connectivity index (χ0) is 22.7. The number of hydroxylamine groups is 1. The Labute approximate surface area is 185 Å². The number of rotatable bonds is 6. The van der Waals surface area contributed by atoms with E-state index in [1.807, 2.05) is 36.2 Å². The van der Waals surface area contributed by atoms with E-state index in [1.54, 1.807) is 23.7 Å². The maximum absolute atomic E-state index is 12.9. The van der Waals surface area contributed by atoms with E-state index in [2.05, 4.69) is 19.6 Å². The van der Waals surface area contributed by atoms with Crippen molar-refractivity contribution in [3.8, 4) is 0 Å². The van der Waals surface area contributed by atoms with Gasteiger partial charge in [-0.15, -0.1) is 0 Å². The van der Waals surface area contributed by atoms with E-state index in [-0.39, 0.29) is 23.0 Å². The number of benzene rings is 2. The number of sulfonamides is 1. The van der Waals surface area contributed by atoms with E-state index in [4.69, 9.17) is 5.21 Å². The molecule has 1 saturated heterocycles. The van der Waals surface area contributed by atoms with Gasteiger partial charge in [0.25, 0.3) is 5.91 Å². The van der Waals surface area contributed by atoms with Gasteiger partial charge in [0.2, 0.25) is 16.0 Å². The fraction of sp³-hybridized carbons (Fsp3) is 0.286. The van der Waals surface area contributed by atoms with Gasteiger partial charge < -0.3 is 4.90 Å². The maximum Gasteiger partial charge on any atom is 0.277 e. The molecule has 0 spiro atoms. The highest BCUT2D eigenvalue weighted by atomic mass is 32.2. The minimum absolute atomic E-state index is 0.0944. The summed E-state index contributed by atoms with van der Waals surface area (Å²) in [6.45, 7) is 2.11. The molecular formula is C21H24N6O4S. The van der Waals surface area contributed by atoms with Crippen molar-refractivity contribution in [2.45, 2.75) is 10.9 Å². The van der Waals surface area contributed by atoms with Gasteiger partial charge in [0.1, 0.15) is 0 Å². The first kappa shape index (κ1) is 22.1. The second-order valence-electron chi connectivity index (χ2n) is 7.65. The van der Waals surface area contributed by atoms with Gasteiger partial charge in [-0.05, 0) is 30.0 Å². The third-order valence-electron chi connectivity index (χ3n) is 5.60. The Balaban J connectivity index is 1.44. The number of nitrogens with one attached hydrogen (secondary N) is 2. The van der Waals surface area contributed by atoms with Crippen molar-refractivity contribution < 1.29 is 18.4 Å². The van der Waals surface area contributed by atoms with E-state index >= 15 is 0 Å². The third-order valence-corrected chi connectivity index (χ3v) is 7.02. The molecule has 2 heterocycles. The average molecular weight is 457 g/mol. The Hall–Kier alpha value is -3.12. The first-order chi connectivity index (χ1) is 15.4. The smallest absolute Gasteiger partial charge is 0.277 e. The van der Waals surface area contributed by atoms with Crippen LogP contribution in [0.2, 0.25) is 0 Å². The highest BCUT2D eigenvalue weighted by Crippen LogP contribution is 2.19. The number of likely N-dealkylation sites (N-methyl/N-ethyl adjacent to an activating group) is 1. The summed E-state index contributed by atoms with van der Waals surface area (Å²) in [4.78, 5) is 24.1. The summed E-state index contributed by atoms with van der Waals surface area (Å²) in [5.41, 5.74) is 1.69. The number of hydrogen-bond donors (Lipinski definition) is 3. The lowest BCUT2D eigenvalue weighted by molar-refractivity contribution is 0.0705. The molecule has 10 nitrogen and oxygen atoms in total. The van der Waals surface area contributed by atoms with E-state index in [9.17, 15) is 13.2 Å². The Morgan fingerprint density at radius 2 is 1.84 bits per heavy atom. The molecule has 0 saturated carbocycles. The van der Waals surface area contributed by atoms with E-state index in [0.29, 0.717) is 25.6 Å². The van der Waals surface area contributed by atoms with Crippen LogP contribution >= 0.6 is 0 Å². The number of amides is 1. The molecule has 1 amide bonds. The first-order valence-corrected chi connectivity index (χ1v) is 11.6. The van der Waals surface area contributed by atoms with E-state index < -0.39 is 15.9 Å². The second-order valence-corrected chi connectivity index (χ2v) is 9.42. The number of hydrogen-bond acceptors (Lipinski definition) is 8. The van der Waals surface area contributed by atoms with Crippen molar-refractivity contribution >= 4 is 32.7 Å². The normalized spacial score (nSPS) is 17.4. The molecule has 3 N–H and O–H groups in total. The monoisotopic (exact) mass is 456 g/mol. The van der Waals surface area contributed by atoms with Crippen molar-refractivity contribution in [3.63, 3.8) is 0 Å². The summed E-state index contributed by atoms with van der Waals surface area (Å²) in [5, 5.41) is 10.6. The van der Waals surface area contributed by atoms with E-state index in [1.165, 1.54) is 12.4 Å². The van der Waals surface area contributed by atoms with Crippen molar-refractivity contribution in [1.29, 1.82) is 0 Å². The van der Waals surface area contributed by atoms with Gasteiger partial charge in [0.15, 0.2) is 0 Å². The fourth-order valence-electron chi connectivity index (χ4n) is 3.64. The molecule has 1 atom stereocenters. The zero-order valence-corrected chi connectivity index (χ0v) is 18.3. The fourth-order valence-corrected chi connectivity index (χ4v) is 4.75. The van der Waals surface area contributed by atoms with Crippen LogP contribution in [0.5, 0.6) is 0 Å². The summed E-state index contributed by atoms with van der Waals surface area (Å²) in [5.74, 6) is -0.245. The molecule has 1 fully saturated rings. The molecule has 1 aliphatic heterocycles.